The molecule has 2 atom stereocenters. The molecular formula is C15H15N5O2. The van der Waals surface area contributed by atoms with Gasteiger partial charge in [-0.15, -0.1) is 15.3 Å². The molecule has 22 heavy (non-hydrogen) atoms. The van der Waals surface area contributed by atoms with Crippen molar-refractivity contribution < 1.29 is 8.83 Å². The third-order valence-electron chi connectivity index (χ3n) is 3.78. The molecule has 0 saturated heterocycles. The van der Waals surface area contributed by atoms with Crippen LogP contribution in [0.1, 0.15) is 36.7 Å². The van der Waals surface area contributed by atoms with Gasteiger partial charge in [0.25, 0.3) is 5.89 Å². The Morgan fingerprint density at radius 3 is 2.77 bits per heavy atom. The topological polar surface area (TPSA) is 82.8 Å². The van der Waals surface area contributed by atoms with Crippen LogP contribution in [0.15, 0.2) is 27.2 Å². The van der Waals surface area contributed by atoms with Gasteiger partial charge >= 0.3 is 0 Å². The second-order valence-electron chi connectivity index (χ2n) is 5.62. The van der Waals surface area contributed by atoms with E-state index in [1.165, 1.54) is 6.42 Å². The summed E-state index contributed by atoms with van der Waals surface area (Å²) in [4.78, 5) is 0. The summed E-state index contributed by atoms with van der Waals surface area (Å²) in [6.07, 6.45) is 6.48. The molecule has 0 spiro atoms. The Balaban J connectivity index is 1.49. The Labute approximate surface area is 126 Å². The zero-order valence-electron chi connectivity index (χ0n) is 12.3. The summed E-state index contributed by atoms with van der Waals surface area (Å²) in [5, 5.41) is 15.7. The van der Waals surface area contributed by atoms with Crippen LogP contribution in [-0.4, -0.2) is 25.2 Å². The highest BCUT2D eigenvalue weighted by Gasteiger charge is 2.36. The van der Waals surface area contributed by atoms with E-state index < -0.39 is 0 Å². The van der Waals surface area contributed by atoms with Gasteiger partial charge in [-0.1, -0.05) is 12.1 Å². The van der Waals surface area contributed by atoms with E-state index in [0.717, 1.165) is 17.4 Å². The molecule has 1 aliphatic carbocycles. The average molecular weight is 297 g/mol. The van der Waals surface area contributed by atoms with Gasteiger partial charge in [-0.25, -0.2) is 0 Å². The molecule has 1 fully saturated rings. The van der Waals surface area contributed by atoms with Gasteiger partial charge in [-0.3, -0.25) is 4.68 Å². The fourth-order valence-corrected chi connectivity index (χ4v) is 2.38. The lowest BCUT2D eigenvalue weighted by Crippen LogP contribution is -1.85. The molecule has 7 heteroatoms. The van der Waals surface area contributed by atoms with Crippen molar-refractivity contribution in [2.45, 2.75) is 19.3 Å². The fraction of sp³-hybridized carbons (Fsp3) is 0.333. The molecule has 0 bridgehead atoms. The predicted octanol–water partition coefficient (Wildman–Crippen LogP) is 2.75. The number of furan rings is 1. The summed E-state index contributed by atoms with van der Waals surface area (Å²) in [7, 11) is 1.78. The van der Waals surface area contributed by atoms with E-state index in [0.29, 0.717) is 23.4 Å². The van der Waals surface area contributed by atoms with Gasteiger partial charge in [0.1, 0.15) is 11.5 Å². The van der Waals surface area contributed by atoms with Crippen LogP contribution in [0, 0.1) is 5.92 Å². The van der Waals surface area contributed by atoms with Crippen molar-refractivity contribution in [2.24, 2.45) is 13.0 Å². The summed E-state index contributed by atoms with van der Waals surface area (Å²) in [6, 6.07) is 3.99. The van der Waals surface area contributed by atoms with Crippen molar-refractivity contribution in [3.63, 3.8) is 0 Å². The summed E-state index contributed by atoms with van der Waals surface area (Å²) in [6.45, 7) is 2.23. The predicted molar refractivity (Wildman–Crippen MR) is 78.5 cm³/mol. The van der Waals surface area contributed by atoms with E-state index in [9.17, 15) is 0 Å². The summed E-state index contributed by atoms with van der Waals surface area (Å²) < 4.78 is 12.9. The van der Waals surface area contributed by atoms with Crippen LogP contribution < -0.4 is 0 Å². The minimum atomic E-state index is 0.347. The van der Waals surface area contributed by atoms with Crippen LogP contribution >= 0.6 is 0 Å². The van der Waals surface area contributed by atoms with Gasteiger partial charge in [0.05, 0.1) is 6.20 Å². The molecule has 2 unspecified atom stereocenters. The van der Waals surface area contributed by atoms with Gasteiger partial charge in [-0.2, -0.15) is 0 Å². The lowest BCUT2D eigenvalue weighted by atomic mass is 10.3. The molecule has 0 amide bonds. The lowest BCUT2D eigenvalue weighted by molar-refractivity contribution is 0.497. The molecular weight excluding hydrogens is 282 g/mol. The monoisotopic (exact) mass is 297 g/mol. The number of aryl methyl sites for hydroxylation is 1. The molecule has 3 heterocycles. The first-order chi connectivity index (χ1) is 10.7. The highest BCUT2D eigenvalue weighted by molar-refractivity contribution is 5.63. The second kappa shape index (κ2) is 4.94. The molecule has 1 saturated carbocycles. The van der Waals surface area contributed by atoms with Crippen molar-refractivity contribution >= 4 is 12.2 Å². The maximum absolute atomic E-state index is 5.79. The molecule has 3 aromatic heterocycles. The number of hydrogen-bond donors (Lipinski definition) is 0. The number of rotatable bonds is 4. The van der Waals surface area contributed by atoms with Crippen molar-refractivity contribution in [3.8, 4) is 11.6 Å². The van der Waals surface area contributed by atoms with E-state index >= 15 is 0 Å². The van der Waals surface area contributed by atoms with Crippen LogP contribution in [0.2, 0.25) is 0 Å². The van der Waals surface area contributed by atoms with Gasteiger partial charge in [0, 0.05) is 19.0 Å². The standard InChI is InChI=1S/C15H15N5O2/c1-9-7-11(9)13-5-3-10(21-13)4-6-14-17-18-15(22-14)12-8-20(2)19-16-12/h3-6,8-9,11H,7H2,1-2H3/b6-4+. The lowest BCUT2D eigenvalue weighted by Gasteiger charge is -1.89. The third kappa shape index (κ3) is 2.45. The fourth-order valence-electron chi connectivity index (χ4n) is 2.38. The molecule has 0 radical (unpaired) electrons. The molecule has 0 N–H and O–H groups in total. The van der Waals surface area contributed by atoms with E-state index in [1.54, 1.807) is 24.0 Å². The van der Waals surface area contributed by atoms with E-state index in [4.69, 9.17) is 8.83 Å². The summed E-state index contributed by atoms with van der Waals surface area (Å²) in [5.74, 6) is 3.90. The normalized spacial score (nSPS) is 20.8. The summed E-state index contributed by atoms with van der Waals surface area (Å²) in [5.41, 5.74) is 0.553. The van der Waals surface area contributed by atoms with E-state index in [1.807, 2.05) is 18.2 Å². The Kier molecular flexibility index (Phi) is 2.92. The van der Waals surface area contributed by atoms with Gasteiger partial charge in [-0.05, 0) is 30.5 Å². The Bertz CT molecular complexity index is 828. The average Bonchev–Trinajstić information content (AvgIpc) is 2.99. The van der Waals surface area contributed by atoms with Gasteiger partial charge in [0.15, 0.2) is 5.69 Å². The Morgan fingerprint density at radius 2 is 2.05 bits per heavy atom. The van der Waals surface area contributed by atoms with Crippen LogP contribution in [0.4, 0.5) is 0 Å². The number of aromatic nitrogens is 5. The first-order valence-electron chi connectivity index (χ1n) is 7.17. The Morgan fingerprint density at radius 1 is 1.18 bits per heavy atom. The molecule has 0 aromatic carbocycles. The maximum atomic E-state index is 5.79. The number of nitrogens with zero attached hydrogens (tertiary/aromatic N) is 5. The largest absolute Gasteiger partial charge is 0.461 e. The zero-order valence-corrected chi connectivity index (χ0v) is 12.3. The first-order valence-corrected chi connectivity index (χ1v) is 7.17. The molecule has 4 rings (SSSR count). The molecule has 0 aliphatic heterocycles. The molecule has 112 valence electrons. The quantitative estimate of drug-likeness (QED) is 0.736. The maximum Gasteiger partial charge on any atom is 0.270 e. The molecule has 3 aromatic rings. The minimum Gasteiger partial charge on any atom is -0.461 e. The Hall–Kier alpha value is -2.70. The zero-order chi connectivity index (χ0) is 15.1. The van der Waals surface area contributed by atoms with Gasteiger partial charge < -0.3 is 8.83 Å². The minimum absolute atomic E-state index is 0.347. The first kappa shape index (κ1) is 13.0. The summed E-state index contributed by atoms with van der Waals surface area (Å²) >= 11 is 0. The van der Waals surface area contributed by atoms with Crippen LogP contribution in [-0.2, 0) is 7.05 Å². The van der Waals surface area contributed by atoms with Crippen molar-refractivity contribution in [2.75, 3.05) is 0 Å². The van der Waals surface area contributed by atoms with Crippen molar-refractivity contribution in [1.82, 2.24) is 25.2 Å². The van der Waals surface area contributed by atoms with E-state index in [2.05, 4.69) is 27.4 Å². The SMILES string of the molecule is CC1CC1c1ccc(/C=C/c2nnc(-c3cn(C)nn3)o2)o1. The van der Waals surface area contributed by atoms with Crippen LogP contribution in [0.25, 0.3) is 23.7 Å². The smallest absolute Gasteiger partial charge is 0.270 e. The highest BCUT2D eigenvalue weighted by atomic mass is 16.4. The number of hydrogen-bond acceptors (Lipinski definition) is 6. The van der Waals surface area contributed by atoms with Crippen molar-refractivity contribution in [1.29, 1.82) is 0 Å². The molecule has 1 aliphatic rings. The second-order valence-corrected chi connectivity index (χ2v) is 5.62. The van der Waals surface area contributed by atoms with Crippen LogP contribution in [0.3, 0.4) is 0 Å². The van der Waals surface area contributed by atoms with E-state index in [-0.39, 0.29) is 0 Å². The molecule has 7 nitrogen and oxygen atoms in total. The highest BCUT2D eigenvalue weighted by Crippen LogP contribution is 2.47. The van der Waals surface area contributed by atoms with Crippen LogP contribution in [0.5, 0.6) is 0 Å². The third-order valence-corrected chi connectivity index (χ3v) is 3.78. The van der Waals surface area contributed by atoms with Crippen molar-refractivity contribution in [3.05, 3.63) is 35.7 Å². The van der Waals surface area contributed by atoms with Gasteiger partial charge in [0.2, 0.25) is 5.89 Å².